The van der Waals surface area contributed by atoms with Crippen molar-refractivity contribution in [2.75, 3.05) is 0 Å². The van der Waals surface area contributed by atoms with E-state index < -0.39 is 17.7 Å². The third-order valence-electron chi connectivity index (χ3n) is 4.18. The molecule has 0 N–H and O–H groups in total. The lowest BCUT2D eigenvalue weighted by molar-refractivity contribution is -0.142. The van der Waals surface area contributed by atoms with E-state index in [-0.39, 0.29) is 28.2 Å². The zero-order valence-corrected chi connectivity index (χ0v) is 13.2. The Bertz CT molecular complexity index is 686. The van der Waals surface area contributed by atoms with Gasteiger partial charge in [0.2, 0.25) is 0 Å². The van der Waals surface area contributed by atoms with Crippen LogP contribution in [0.2, 0.25) is 5.02 Å². The van der Waals surface area contributed by atoms with Crippen molar-refractivity contribution in [2.24, 2.45) is 5.41 Å². The van der Waals surface area contributed by atoms with Gasteiger partial charge in [0.1, 0.15) is 11.6 Å². The molecule has 0 unspecified atom stereocenters. The maximum absolute atomic E-state index is 14.2. The second kappa shape index (κ2) is 5.20. The van der Waals surface area contributed by atoms with Crippen molar-refractivity contribution in [1.29, 1.82) is 0 Å². The van der Waals surface area contributed by atoms with Crippen molar-refractivity contribution < 1.29 is 18.7 Å². The number of carbonyl (C=O) groups is 2. The van der Waals surface area contributed by atoms with Gasteiger partial charge in [-0.1, -0.05) is 31.5 Å². The van der Waals surface area contributed by atoms with Gasteiger partial charge in [-0.25, -0.2) is 4.39 Å². The quantitative estimate of drug-likeness (QED) is 0.729. The molecule has 0 saturated carbocycles. The summed E-state index contributed by atoms with van der Waals surface area (Å²) in [5, 5.41) is 0.226. The molecule has 3 rings (SSSR count). The monoisotopic (exact) mass is 322 g/mol. The lowest BCUT2D eigenvalue weighted by Crippen LogP contribution is -2.34. The van der Waals surface area contributed by atoms with E-state index in [9.17, 15) is 14.0 Å². The van der Waals surface area contributed by atoms with Gasteiger partial charge in [-0.15, -0.1) is 0 Å². The van der Waals surface area contributed by atoms with E-state index in [2.05, 4.69) is 0 Å². The van der Waals surface area contributed by atoms with Crippen molar-refractivity contribution in [3.8, 4) is 0 Å². The molecule has 5 heteroatoms. The zero-order valence-electron chi connectivity index (χ0n) is 12.4. The molecule has 2 aliphatic rings. The fourth-order valence-corrected chi connectivity index (χ4v) is 3.59. The Morgan fingerprint density at radius 3 is 2.68 bits per heavy atom. The third-order valence-corrected chi connectivity index (χ3v) is 4.51. The maximum Gasteiger partial charge on any atom is 0.311 e. The summed E-state index contributed by atoms with van der Waals surface area (Å²) >= 11 is 6.12. The maximum atomic E-state index is 14.2. The number of allylic oxidation sites excluding steroid dienone is 2. The van der Waals surface area contributed by atoms with Gasteiger partial charge in [0, 0.05) is 34.9 Å². The fourth-order valence-electron chi connectivity index (χ4n) is 3.30. The van der Waals surface area contributed by atoms with Crippen molar-refractivity contribution in [2.45, 2.75) is 39.0 Å². The smallest absolute Gasteiger partial charge is 0.311 e. The van der Waals surface area contributed by atoms with E-state index in [4.69, 9.17) is 16.3 Å². The molecule has 1 aliphatic heterocycles. The van der Waals surface area contributed by atoms with Gasteiger partial charge in [-0.05, 0) is 17.5 Å². The van der Waals surface area contributed by atoms with Crippen molar-refractivity contribution in [3.05, 3.63) is 45.9 Å². The lowest BCUT2D eigenvalue weighted by atomic mass is 9.71. The number of hydrogen-bond donors (Lipinski definition) is 0. The number of esters is 1. The minimum Gasteiger partial charge on any atom is -0.431 e. The number of halogens is 2. The van der Waals surface area contributed by atoms with Crippen LogP contribution in [0.5, 0.6) is 0 Å². The lowest BCUT2D eigenvalue weighted by Gasteiger charge is -2.36. The highest BCUT2D eigenvalue weighted by atomic mass is 35.5. The number of carbonyl (C=O) groups excluding carboxylic acids is 2. The highest BCUT2D eigenvalue weighted by molar-refractivity contribution is 6.31. The zero-order chi connectivity index (χ0) is 16.1. The number of rotatable bonds is 1. The number of Topliss-reactive ketones (excluding diaryl/α,β-unsaturated/α-hetero) is 1. The van der Waals surface area contributed by atoms with Gasteiger partial charge in [0.25, 0.3) is 0 Å². The molecule has 22 heavy (non-hydrogen) atoms. The van der Waals surface area contributed by atoms with Gasteiger partial charge >= 0.3 is 5.97 Å². The molecule has 1 aromatic rings. The first-order chi connectivity index (χ1) is 10.3. The summed E-state index contributed by atoms with van der Waals surface area (Å²) in [6.45, 7) is 3.89. The second-order valence-electron chi connectivity index (χ2n) is 6.64. The van der Waals surface area contributed by atoms with Crippen LogP contribution in [0.3, 0.4) is 0 Å². The van der Waals surface area contributed by atoms with E-state index in [1.807, 2.05) is 13.8 Å². The molecule has 0 radical (unpaired) electrons. The Morgan fingerprint density at radius 1 is 1.27 bits per heavy atom. The van der Waals surface area contributed by atoms with Gasteiger partial charge in [0.05, 0.1) is 6.42 Å². The minimum atomic E-state index is -0.659. The van der Waals surface area contributed by atoms with Crippen LogP contribution < -0.4 is 0 Å². The second-order valence-corrected chi connectivity index (χ2v) is 7.05. The number of benzene rings is 1. The number of ketones is 1. The molecule has 0 saturated heterocycles. The molecule has 116 valence electrons. The summed E-state index contributed by atoms with van der Waals surface area (Å²) in [6.07, 6.45) is 0.778. The van der Waals surface area contributed by atoms with Crippen LogP contribution in [0, 0.1) is 11.2 Å². The van der Waals surface area contributed by atoms with Crippen LogP contribution in [-0.2, 0) is 14.3 Å². The Balaban J connectivity index is 2.16. The Labute approximate surface area is 133 Å². The molecule has 0 aromatic heterocycles. The normalized spacial score (nSPS) is 24.1. The number of hydrogen-bond acceptors (Lipinski definition) is 3. The summed E-state index contributed by atoms with van der Waals surface area (Å²) in [5.41, 5.74) is 0.351. The standard InChI is InChI=1S/C17H16ClFO3/c1-17(2)7-12(20)16-9(6-14(21)22-13(16)8-17)15-10(18)4-3-5-11(15)19/h3-5,9H,6-8H2,1-2H3/t9-/m1/s1. The Kier molecular flexibility index (Phi) is 3.60. The topological polar surface area (TPSA) is 43.4 Å². The highest BCUT2D eigenvalue weighted by Gasteiger charge is 2.43. The molecule has 1 aliphatic carbocycles. The predicted octanol–water partition coefficient (Wildman–Crippen LogP) is 4.15. The largest absolute Gasteiger partial charge is 0.431 e. The predicted molar refractivity (Wildman–Crippen MR) is 79.9 cm³/mol. The third kappa shape index (κ3) is 2.56. The first kappa shape index (κ1) is 15.2. The van der Waals surface area contributed by atoms with Crippen LogP contribution >= 0.6 is 11.6 Å². The molecular weight excluding hydrogens is 307 g/mol. The molecule has 0 bridgehead atoms. The summed E-state index contributed by atoms with van der Waals surface area (Å²) in [5.74, 6) is -1.33. The summed E-state index contributed by atoms with van der Waals surface area (Å²) in [6, 6.07) is 4.36. The van der Waals surface area contributed by atoms with Crippen LogP contribution in [0.1, 0.15) is 44.6 Å². The number of ether oxygens (including phenoxy) is 1. The minimum absolute atomic E-state index is 0.0638. The SMILES string of the molecule is CC1(C)CC(=O)C2=C(C1)OC(=O)C[C@@H]2c1c(F)cccc1Cl. The van der Waals surface area contributed by atoms with E-state index in [1.54, 1.807) is 6.07 Å². The van der Waals surface area contributed by atoms with E-state index >= 15 is 0 Å². The molecule has 0 fully saturated rings. The molecule has 1 aromatic carbocycles. The average Bonchev–Trinajstić information content (AvgIpc) is 2.35. The van der Waals surface area contributed by atoms with Gasteiger partial charge < -0.3 is 4.74 Å². The molecule has 1 heterocycles. The van der Waals surface area contributed by atoms with Gasteiger partial charge in [-0.2, -0.15) is 0 Å². The van der Waals surface area contributed by atoms with Crippen LogP contribution in [0.25, 0.3) is 0 Å². The average molecular weight is 323 g/mol. The Hall–Kier alpha value is -1.68. The first-order valence-electron chi connectivity index (χ1n) is 7.19. The van der Waals surface area contributed by atoms with Gasteiger partial charge in [0.15, 0.2) is 5.78 Å². The van der Waals surface area contributed by atoms with Crippen molar-refractivity contribution >= 4 is 23.4 Å². The van der Waals surface area contributed by atoms with Crippen molar-refractivity contribution in [1.82, 2.24) is 0 Å². The molecule has 1 atom stereocenters. The highest BCUT2D eigenvalue weighted by Crippen LogP contribution is 2.47. The van der Waals surface area contributed by atoms with E-state index in [0.29, 0.717) is 24.2 Å². The first-order valence-corrected chi connectivity index (χ1v) is 7.57. The molecule has 3 nitrogen and oxygen atoms in total. The van der Waals surface area contributed by atoms with Crippen LogP contribution in [0.4, 0.5) is 4.39 Å². The molecular formula is C17H16ClFO3. The summed E-state index contributed by atoms with van der Waals surface area (Å²) < 4.78 is 19.5. The van der Waals surface area contributed by atoms with Gasteiger partial charge in [-0.3, -0.25) is 9.59 Å². The fraction of sp³-hybridized carbons (Fsp3) is 0.412. The molecule has 0 spiro atoms. The van der Waals surface area contributed by atoms with Crippen LogP contribution in [0.15, 0.2) is 29.5 Å². The summed E-state index contributed by atoms with van der Waals surface area (Å²) in [4.78, 5) is 24.5. The van der Waals surface area contributed by atoms with Crippen LogP contribution in [-0.4, -0.2) is 11.8 Å². The van der Waals surface area contributed by atoms with E-state index in [0.717, 1.165) is 0 Å². The molecule has 0 amide bonds. The van der Waals surface area contributed by atoms with Crippen molar-refractivity contribution in [3.63, 3.8) is 0 Å². The van der Waals surface area contributed by atoms with E-state index in [1.165, 1.54) is 12.1 Å². The Morgan fingerprint density at radius 2 is 2.00 bits per heavy atom. The summed E-state index contributed by atoms with van der Waals surface area (Å²) in [7, 11) is 0.